The molecule has 3 nitrogen and oxygen atoms in total. The number of hydrogen-bond acceptors (Lipinski definition) is 3. The van der Waals surface area contributed by atoms with E-state index in [9.17, 15) is 0 Å². The number of hydrogen-bond donors (Lipinski definition) is 1. The summed E-state index contributed by atoms with van der Waals surface area (Å²) in [5.74, 6) is 0.788. The van der Waals surface area contributed by atoms with Crippen LogP contribution in [-0.4, -0.2) is 5.16 Å². The van der Waals surface area contributed by atoms with Crippen molar-refractivity contribution < 1.29 is 4.52 Å². The number of nitrogens with two attached hydrogens (primary N) is 1. The quantitative estimate of drug-likeness (QED) is 0.628. The van der Waals surface area contributed by atoms with Gasteiger partial charge < -0.3 is 10.3 Å². The van der Waals surface area contributed by atoms with E-state index >= 15 is 0 Å². The second-order valence-corrected chi connectivity index (χ2v) is 3.65. The number of benzene rings is 2. The van der Waals surface area contributed by atoms with Gasteiger partial charge in [0.1, 0.15) is 5.52 Å². The molecule has 0 bridgehead atoms. The molecule has 1 aromatic heterocycles. The van der Waals surface area contributed by atoms with Crippen molar-refractivity contribution in [1.29, 1.82) is 0 Å². The van der Waals surface area contributed by atoms with Crippen molar-refractivity contribution in [1.82, 2.24) is 5.16 Å². The maximum Gasteiger partial charge on any atom is 0.174 e. The highest BCUT2D eigenvalue weighted by Gasteiger charge is 2.09. The second kappa shape index (κ2) is 3.38. The molecule has 0 saturated heterocycles. The molecule has 0 aliphatic heterocycles. The molecule has 0 atom stereocenters. The molecule has 0 unspecified atom stereocenters. The predicted molar refractivity (Wildman–Crippen MR) is 63.9 cm³/mol. The van der Waals surface area contributed by atoms with Gasteiger partial charge in [0.15, 0.2) is 5.76 Å². The summed E-state index contributed by atoms with van der Waals surface area (Å²) in [6.07, 6.45) is 0. The zero-order chi connectivity index (χ0) is 11.0. The minimum atomic E-state index is 0.743. The fourth-order valence-electron chi connectivity index (χ4n) is 1.73. The number of nitrogens with zero attached hydrogens (tertiary/aromatic N) is 1. The monoisotopic (exact) mass is 210 g/mol. The van der Waals surface area contributed by atoms with Crippen LogP contribution in [-0.2, 0) is 0 Å². The highest BCUT2D eigenvalue weighted by Crippen LogP contribution is 2.28. The fourth-order valence-corrected chi connectivity index (χ4v) is 1.73. The van der Waals surface area contributed by atoms with Crippen molar-refractivity contribution in [2.75, 3.05) is 5.73 Å². The smallest absolute Gasteiger partial charge is 0.174 e. The van der Waals surface area contributed by atoms with E-state index < -0.39 is 0 Å². The van der Waals surface area contributed by atoms with Crippen LogP contribution in [0.3, 0.4) is 0 Å². The zero-order valence-electron chi connectivity index (χ0n) is 8.55. The van der Waals surface area contributed by atoms with Crippen molar-refractivity contribution in [3.8, 4) is 11.3 Å². The molecule has 3 heteroatoms. The van der Waals surface area contributed by atoms with E-state index in [4.69, 9.17) is 10.3 Å². The lowest BCUT2D eigenvalue weighted by Crippen LogP contribution is -1.83. The standard InChI is InChI=1S/C13H10N2O/c14-10-7-5-9(6-8-10)13-11-3-1-2-4-12(11)15-16-13/h1-8H,14H2. The van der Waals surface area contributed by atoms with E-state index in [0.717, 1.165) is 27.9 Å². The normalized spacial score (nSPS) is 10.8. The largest absolute Gasteiger partial charge is 0.399 e. The molecule has 78 valence electrons. The Morgan fingerprint density at radius 2 is 1.69 bits per heavy atom. The van der Waals surface area contributed by atoms with Crippen molar-refractivity contribution in [2.24, 2.45) is 0 Å². The summed E-state index contributed by atoms with van der Waals surface area (Å²) < 4.78 is 5.35. The molecule has 1 heterocycles. The van der Waals surface area contributed by atoms with Gasteiger partial charge in [-0.05, 0) is 36.4 Å². The maximum atomic E-state index is 5.65. The maximum absolute atomic E-state index is 5.65. The Labute approximate surface area is 92.5 Å². The minimum absolute atomic E-state index is 0.743. The Kier molecular flexibility index (Phi) is 1.90. The molecule has 2 N–H and O–H groups in total. The highest BCUT2D eigenvalue weighted by molar-refractivity contribution is 5.91. The molecule has 3 aromatic rings. The van der Waals surface area contributed by atoms with Crippen LogP contribution >= 0.6 is 0 Å². The molecular weight excluding hydrogens is 200 g/mol. The number of aromatic nitrogens is 1. The Morgan fingerprint density at radius 3 is 2.50 bits per heavy atom. The Morgan fingerprint density at radius 1 is 0.938 bits per heavy atom. The van der Waals surface area contributed by atoms with Gasteiger partial charge >= 0.3 is 0 Å². The van der Waals surface area contributed by atoms with Gasteiger partial charge in [-0.2, -0.15) is 0 Å². The molecule has 0 saturated carbocycles. The summed E-state index contributed by atoms with van der Waals surface area (Å²) in [4.78, 5) is 0. The van der Waals surface area contributed by atoms with Gasteiger partial charge in [-0.3, -0.25) is 0 Å². The van der Waals surface area contributed by atoms with E-state index in [0.29, 0.717) is 0 Å². The lowest BCUT2D eigenvalue weighted by atomic mass is 10.1. The first kappa shape index (κ1) is 8.97. The lowest BCUT2D eigenvalue weighted by molar-refractivity contribution is 0.441. The van der Waals surface area contributed by atoms with Crippen LogP contribution in [0, 0.1) is 0 Å². The third-order valence-electron chi connectivity index (χ3n) is 2.56. The Hall–Kier alpha value is -2.29. The number of fused-ring (bicyclic) bond motifs is 1. The molecule has 0 aliphatic rings. The summed E-state index contributed by atoms with van der Waals surface area (Å²) >= 11 is 0. The minimum Gasteiger partial charge on any atom is -0.399 e. The molecule has 3 rings (SSSR count). The average molecular weight is 210 g/mol. The van der Waals surface area contributed by atoms with Crippen LogP contribution in [0.2, 0.25) is 0 Å². The van der Waals surface area contributed by atoms with Crippen molar-refractivity contribution in [2.45, 2.75) is 0 Å². The van der Waals surface area contributed by atoms with Gasteiger partial charge in [0.2, 0.25) is 0 Å². The van der Waals surface area contributed by atoms with Gasteiger partial charge in [0, 0.05) is 16.6 Å². The third kappa shape index (κ3) is 1.34. The SMILES string of the molecule is Nc1ccc(-c2onc3ccccc23)cc1. The highest BCUT2D eigenvalue weighted by atomic mass is 16.5. The molecule has 0 fully saturated rings. The number of nitrogen functional groups attached to an aromatic ring is 1. The summed E-state index contributed by atoms with van der Waals surface area (Å²) in [5.41, 5.74) is 8.25. The van der Waals surface area contributed by atoms with Gasteiger partial charge in [0.05, 0.1) is 0 Å². The van der Waals surface area contributed by atoms with Gasteiger partial charge in [0.25, 0.3) is 0 Å². The average Bonchev–Trinajstić information content (AvgIpc) is 2.74. The van der Waals surface area contributed by atoms with Crippen molar-refractivity contribution in [3.63, 3.8) is 0 Å². The summed E-state index contributed by atoms with van der Waals surface area (Å²) in [7, 11) is 0. The van der Waals surface area contributed by atoms with E-state index in [1.807, 2.05) is 48.5 Å². The van der Waals surface area contributed by atoms with Gasteiger partial charge in [-0.15, -0.1) is 0 Å². The van der Waals surface area contributed by atoms with Crippen LogP contribution in [0.15, 0.2) is 53.1 Å². The second-order valence-electron chi connectivity index (χ2n) is 3.65. The Bertz CT molecular complexity index is 626. The molecule has 0 radical (unpaired) electrons. The van der Waals surface area contributed by atoms with Crippen molar-refractivity contribution >= 4 is 16.6 Å². The van der Waals surface area contributed by atoms with Gasteiger partial charge in [-0.1, -0.05) is 17.3 Å². The van der Waals surface area contributed by atoms with E-state index in [1.165, 1.54) is 0 Å². The van der Waals surface area contributed by atoms with Crippen LogP contribution in [0.5, 0.6) is 0 Å². The lowest BCUT2D eigenvalue weighted by Gasteiger charge is -1.97. The topological polar surface area (TPSA) is 52.0 Å². The molecule has 16 heavy (non-hydrogen) atoms. The van der Waals surface area contributed by atoms with Crippen LogP contribution in [0.1, 0.15) is 0 Å². The third-order valence-corrected chi connectivity index (χ3v) is 2.56. The first-order valence-electron chi connectivity index (χ1n) is 5.05. The van der Waals surface area contributed by atoms with E-state index in [-0.39, 0.29) is 0 Å². The fraction of sp³-hybridized carbons (Fsp3) is 0. The van der Waals surface area contributed by atoms with E-state index in [1.54, 1.807) is 0 Å². The first-order chi connectivity index (χ1) is 7.84. The summed E-state index contributed by atoms with van der Waals surface area (Å²) in [5, 5.41) is 5.03. The van der Waals surface area contributed by atoms with Crippen LogP contribution < -0.4 is 5.73 Å². The molecule has 0 aliphatic carbocycles. The molecule has 0 amide bonds. The van der Waals surface area contributed by atoms with Gasteiger partial charge in [-0.25, -0.2) is 0 Å². The van der Waals surface area contributed by atoms with E-state index in [2.05, 4.69) is 5.16 Å². The predicted octanol–water partition coefficient (Wildman–Crippen LogP) is 3.08. The Balaban J connectivity index is 2.22. The first-order valence-corrected chi connectivity index (χ1v) is 5.05. The summed E-state index contributed by atoms with van der Waals surface area (Å²) in [6.45, 7) is 0. The molecular formula is C13H10N2O. The summed E-state index contributed by atoms with van der Waals surface area (Å²) in [6, 6.07) is 15.4. The zero-order valence-corrected chi connectivity index (χ0v) is 8.55. The number of rotatable bonds is 1. The number of anilines is 1. The van der Waals surface area contributed by atoms with Crippen molar-refractivity contribution in [3.05, 3.63) is 48.5 Å². The van der Waals surface area contributed by atoms with Crippen LogP contribution in [0.25, 0.3) is 22.2 Å². The van der Waals surface area contributed by atoms with Crippen LogP contribution in [0.4, 0.5) is 5.69 Å². The molecule has 0 spiro atoms. The molecule has 2 aromatic carbocycles.